The number of piperidine rings is 1. The van der Waals surface area contributed by atoms with Crippen molar-refractivity contribution in [3.63, 3.8) is 0 Å². The van der Waals surface area contributed by atoms with Gasteiger partial charge in [-0.05, 0) is 65.1 Å². The normalized spacial score (nSPS) is 16.3. The van der Waals surface area contributed by atoms with Crippen molar-refractivity contribution in [2.45, 2.75) is 53.1 Å². The molecule has 1 aliphatic heterocycles. The predicted octanol–water partition coefficient (Wildman–Crippen LogP) is 2.35. The molecule has 1 saturated heterocycles. The van der Waals surface area contributed by atoms with Gasteiger partial charge in [0.25, 0.3) is 0 Å². The number of guanidine groups is 1. The standard InChI is InChI=1S/C21H35N7O/c1-4-22-21(23-9-5-11-28-12-6-10-25-28)24-15-19-7-13-27(14-8-19)16-20-26-17(2)18(3)29-20/h6,10,12,19H,4-5,7-9,11,13-16H2,1-3H3,(H2,22,23,24). The SMILES string of the molecule is CCNC(=NCC1CCN(Cc2nc(C)c(C)o2)CC1)NCCCn1cccn1. The van der Waals surface area contributed by atoms with Gasteiger partial charge >= 0.3 is 0 Å². The number of aryl methyl sites for hydroxylation is 3. The number of hydrogen-bond donors (Lipinski definition) is 2. The second-order valence-corrected chi connectivity index (χ2v) is 7.74. The summed E-state index contributed by atoms with van der Waals surface area (Å²) < 4.78 is 7.68. The maximum atomic E-state index is 5.72. The van der Waals surface area contributed by atoms with E-state index in [1.54, 1.807) is 0 Å². The van der Waals surface area contributed by atoms with Crippen LogP contribution in [0, 0.1) is 19.8 Å². The summed E-state index contributed by atoms with van der Waals surface area (Å²) in [5.41, 5.74) is 0.997. The van der Waals surface area contributed by atoms with Crippen molar-refractivity contribution in [2.24, 2.45) is 10.9 Å². The Morgan fingerprint density at radius 1 is 1.28 bits per heavy atom. The molecule has 29 heavy (non-hydrogen) atoms. The lowest BCUT2D eigenvalue weighted by Crippen LogP contribution is -2.39. The molecule has 8 nitrogen and oxygen atoms in total. The maximum absolute atomic E-state index is 5.72. The highest BCUT2D eigenvalue weighted by atomic mass is 16.4. The molecule has 0 spiro atoms. The van der Waals surface area contributed by atoms with Crippen LogP contribution in [0.3, 0.4) is 0 Å². The van der Waals surface area contributed by atoms with Crippen LogP contribution in [-0.4, -0.2) is 58.3 Å². The van der Waals surface area contributed by atoms with Crippen molar-refractivity contribution in [3.8, 4) is 0 Å². The number of hydrogen-bond acceptors (Lipinski definition) is 5. The highest BCUT2D eigenvalue weighted by Gasteiger charge is 2.20. The van der Waals surface area contributed by atoms with Crippen LogP contribution in [-0.2, 0) is 13.1 Å². The highest BCUT2D eigenvalue weighted by Crippen LogP contribution is 2.20. The van der Waals surface area contributed by atoms with Gasteiger partial charge in [-0.2, -0.15) is 5.10 Å². The molecule has 1 fully saturated rings. The van der Waals surface area contributed by atoms with Crippen LogP contribution in [0.1, 0.15) is 43.5 Å². The van der Waals surface area contributed by atoms with E-state index in [1.165, 1.54) is 12.8 Å². The van der Waals surface area contributed by atoms with Gasteiger partial charge in [0.2, 0.25) is 5.89 Å². The number of nitrogens with zero attached hydrogens (tertiary/aromatic N) is 5. The third-order valence-corrected chi connectivity index (χ3v) is 5.41. The summed E-state index contributed by atoms with van der Waals surface area (Å²) in [5.74, 6) is 3.32. The largest absolute Gasteiger partial charge is 0.444 e. The smallest absolute Gasteiger partial charge is 0.208 e. The number of likely N-dealkylation sites (tertiary alicyclic amines) is 1. The summed E-state index contributed by atoms with van der Waals surface area (Å²) in [7, 11) is 0. The van der Waals surface area contributed by atoms with E-state index in [0.29, 0.717) is 5.92 Å². The number of aromatic nitrogens is 3. The third-order valence-electron chi connectivity index (χ3n) is 5.41. The van der Waals surface area contributed by atoms with E-state index in [2.05, 4.69) is 32.5 Å². The summed E-state index contributed by atoms with van der Waals surface area (Å²) in [4.78, 5) is 11.8. The van der Waals surface area contributed by atoms with Crippen molar-refractivity contribution in [1.29, 1.82) is 0 Å². The minimum absolute atomic E-state index is 0.638. The van der Waals surface area contributed by atoms with Crippen molar-refractivity contribution in [2.75, 3.05) is 32.7 Å². The van der Waals surface area contributed by atoms with Crippen LogP contribution in [0.5, 0.6) is 0 Å². The number of oxazole rings is 1. The quantitative estimate of drug-likeness (QED) is 0.381. The molecule has 3 heterocycles. The van der Waals surface area contributed by atoms with E-state index in [-0.39, 0.29) is 0 Å². The van der Waals surface area contributed by atoms with Gasteiger partial charge in [-0.3, -0.25) is 14.6 Å². The molecule has 0 aliphatic carbocycles. The number of aliphatic imine (C=N–C) groups is 1. The second kappa shape index (κ2) is 11.0. The Hall–Kier alpha value is -2.35. The molecule has 2 aromatic rings. The minimum Gasteiger partial charge on any atom is -0.444 e. The summed E-state index contributed by atoms with van der Waals surface area (Å²) in [6.45, 7) is 12.6. The molecule has 160 valence electrons. The lowest BCUT2D eigenvalue weighted by Gasteiger charge is -2.30. The Kier molecular flexibility index (Phi) is 8.10. The zero-order chi connectivity index (χ0) is 20.5. The summed E-state index contributed by atoms with van der Waals surface area (Å²) in [6, 6.07) is 1.96. The Morgan fingerprint density at radius 2 is 2.10 bits per heavy atom. The second-order valence-electron chi connectivity index (χ2n) is 7.74. The van der Waals surface area contributed by atoms with E-state index < -0.39 is 0 Å². The van der Waals surface area contributed by atoms with E-state index in [4.69, 9.17) is 9.41 Å². The molecule has 2 aromatic heterocycles. The molecule has 0 radical (unpaired) electrons. The van der Waals surface area contributed by atoms with Crippen LogP contribution in [0.4, 0.5) is 0 Å². The topological polar surface area (TPSA) is 83.5 Å². The van der Waals surface area contributed by atoms with Gasteiger partial charge in [-0.25, -0.2) is 4.98 Å². The maximum Gasteiger partial charge on any atom is 0.208 e. The Bertz CT molecular complexity index is 726. The molecule has 0 atom stereocenters. The average molecular weight is 402 g/mol. The van der Waals surface area contributed by atoms with Crippen LogP contribution < -0.4 is 10.6 Å². The molecular weight excluding hydrogens is 366 g/mol. The summed E-state index contributed by atoms with van der Waals surface area (Å²) in [6.07, 6.45) is 7.17. The molecule has 0 bridgehead atoms. The molecule has 0 amide bonds. The van der Waals surface area contributed by atoms with Crippen molar-refractivity contribution in [3.05, 3.63) is 35.8 Å². The first-order valence-electron chi connectivity index (χ1n) is 10.8. The van der Waals surface area contributed by atoms with E-state index >= 15 is 0 Å². The van der Waals surface area contributed by atoms with Gasteiger partial charge in [-0.1, -0.05) is 0 Å². The minimum atomic E-state index is 0.638. The first-order chi connectivity index (χ1) is 14.1. The van der Waals surface area contributed by atoms with Gasteiger partial charge < -0.3 is 15.1 Å². The van der Waals surface area contributed by atoms with Gasteiger partial charge in [0, 0.05) is 38.6 Å². The Morgan fingerprint density at radius 3 is 2.76 bits per heavy atom. The molecule has 0 unspecified atom stereocenters. The van der Waals surface area contributed by atoms with Crippen molar-refractivity contribution >= 4 is 5.96 Å². The van der Waals surface area contributed by atoms with Gasteiger partial charge in [0.15, 0.2) is 5.96 Å². The Balaban J connectivity index is 1.37. The lowest BCUT2D eigenvalue weighted by molar-refractivity contribution is 0.166. The van der Waals surface area contributed by atoms with Crippen molar-refractivity contribution in [1.82, 2.24) is 30.3 Å². The van der Waals surface area contributed by atoms with Crippen LogP contribution in [0.2, 0.25) is 0 Å². The van der Waals surface area contributed by atoms with Crippen molar-refractivity contribution < 1.29 is 4.42 Å². The molecule has 2 N–H and O–H groups in total. The summed E-state index contributed by atoms with van der Waals surface area (Å²) >= 11 is 0. The first-order valence-corrected chi connectivity index (χ1v) is 10.8. The third kappa shape index (κ3) is 6.88. The van der Waals surface area contributed by atoms with Gasteiger partial charge in [-0.15, -0.1) is 0 Å². The number of nitrogens with one attached hydrogen (secondary N) is 2. The first kappa shape index (κ1) is 21.4. The number of rotatable bonds is 9. The molecule has 1 aliphatic rings. The molecule has 3 rings (SSSR count). The zero-order valence-electron chi connectivity index (χ0n) is 18.0. The lowest BCUT2D eigenvalue weighted by atomic mass is 9.97. The van der Waals surface area contributed by atoms with Crippen LogP contribution in [0.15, 0.2) is 27.9 Å². The van der Waals surface area contributed by atoms with Crippen LogP contribution >= 0.6 is 0 Å². The van der Waals surface area contributed by atoms with Gasteiger partial charge in [0.05, 0.1) is 12.2 Å². The van der Waals surface area contributed by atoms with E-state index in [9.17, 15) is 0 Å². The van der Waals surface area contributed by atoms with Crippen LogP contribution in [0.25, 0.3) is 0 Å². The average Bonchev–Trinajstić information content (AvgIpc) is 3.34. The van der Waals surface area contributed by atoms with E-state index in [0.717, 1.165) is 75.5 Å². The molecular formula is C21H35N7O. The fraction of sp³-hybridized carbons (Fsp3) is 0.667. The van der Waals surface area contributed by atoms with E-state index in [1.807, 2.05) is 37.0 Å². The van der Waals surface area contributed by atoms with Gasteiger partial charge in [0.1, 0.15) is 5.76 Å². The highest BCUT2D eigenvalue weighted by molar-refractivity contribution is 5.79. The molecule has 8 heteroatoms. The molecule has 0 saturated carbocycles. The molecule has 0 aromatic carbocycles. The Labute approximate surface area is 173 Å². The zero-order valence-corrected chi connectivity index (χ0v) is 18.0. The summed E-state index contributed by atoms with van der Waals surface area (Å²) in [5, 5.41) is 11.0. The monoisotopic (exact) mass is 401 g/mol. The predicted molar refractivity (Wildman–Crippen MR) is 115 cm³/mol. The fourth-order valence-corrected chi connectivity index (χ4v) is 3.57. The fourth-order valence-electron chi connectivity index (χ4n) is 3.57.